The van der Waals surface area contributed by atoms with Gasteiger partial charge < -0.3 is 10.2 Å². The number of likely N-dealkylation sites (N-methyl/N-ethyl adjacent to an activating group) is 1. The van der Waals surface area contributed by atoms with Crippen molar-refractivity contribution in [2.24, 2.45) is 4.99 Å². The van der Waals surface area contributed by atoms with Crippen molar-refractivity contribution in [3.63, 3.8) is 0 Å². The average Bonchev–Trinajstić information content (AvgIpc) is 3.11. The van der Waals surface area contributed by atoms with Crippen LogP contribution in [0.1, 0.15) is 4.88 Å². The monoisotopic (exact) mass is 493 g/mol. The van der Waals surface area contributed by atoms with E-state index in [1.165, 1.54) is 4.88 Å². The number of halogens is 1. The van der Waals surface area contributed by atoms with E-state index in [9.17, 15) is 8.42 Å². The first-order valence-electron chi connectivity index (χ1n) is 7.75. The third kappa shape index (κ3) is 6.95. The van der Waals surface area contributed by atoms with Gasteiger partial charge in [0.2, 0.25) is 0 Å². The second kappa shape index (κ2) is 10.8. The largest absolute Gasteiger partial charge is 0.355 e. The minimum atomic E-state index is -3.27. The summed E-state index contributed by atoms with van der Waals surface area (Å²) in [5.74, 6) is 0.740. The number of aliphatic imine (C=N–C) groups is 1. The molecule has 2 rings (SSSR count). The van der Waals surface area contributed by atoms with Crippen LogP contribution in [0.5, 0.6) is 0 Å². The summed E-state index contributed by atoms with van der Waals surface area (Å²) in [4.78, 5) is 7.91. The van der Waals surface area contributed by atoms with Crippen LogP contribution in [0.4, 0.5) is 0 Å². The van der Waals surface area contributed by atoms with Gasteiger partial charge in [0.25, 0.3) is 0 Å². The summed E-state index contributed by atoms with van der Waals surface area (Å²) in [6.45, 7) is 1.15. The second-order valence-electron chi connectivity index (χ2n) is 5.36. The topological polar surface area (TPSA) is 61.8 Å². The van der Waals surface area contributed by atoms with Crippen molar-refractivity contribution in [2.75, 3.05) is 32.9 Å². The fourth-order valence-electron chi connectivity index (χ4n) is 2.27. The number of nitrogens with one attached hydrogen (secondary N) is 1. The summed E-state index contributed by atoms with van der Waals surface area (Å²) in [6, 6.07) is 12.7. The first-order chi connectivity index (χ1) is 11.5. The number of rotatable bonds is 7. The maximum absolute atomic E-state index is 12.3. The minimum Gasteiger partial charge on any atom is -0.355 e. The van der Waals surface area contributed by atoms with Crippen LogP contribution in [-0.2, 0) is 16.3 Å². The molecular formula is C17H24IN3O2S2. The van der Waals surface area contributed by atoms with Gasteiger partial charge in [0.15, 0.2) is 15.8 Å². The maximum atomic E-state index is 12.3. The Bertz CT molecular complexity index is 747. The summed E-state index contributed by atoms with van der Waals surface area (Å²) in [7, 11) is 0.385. The van der Waals surface area contributed by atoms with Crippen LogP contribution < -0.4 is 5.32 Å². The van der Waals surface area contributed by atoms with Crippen molar-refractivity contribution >= 4 is 51.1 Å². The lowest BCUT2D eigenvalue weighted by molar-refractivity contribution is 0.488. The number of guanidine groups is 1. The fourth-order valence-corrected chi connectivity index (χ4v) is 4.14. The summed E-state index contributed by atoms with van der Waals surface area (Å²) >= 11 is 1.74. The highest BCUT2D eigenvalue weighted by molar-refractivity contribution is 14.0. The minimum absolute atomic E-state index is 0. The van der Waals surface area contributed by atoms with Crippen molar-refractivity contribution in [3.8, 4) is 0 Å². The third-order valence-corrected chi connectivity index (χ3v) is 6.27. The predicted octanol–water partition coefficient (Wildman–Crippen LogP) is 2.89. The number of sulfone groups is 1. The van der Waals surface area contributed by atoms with E-state index in [1.54, 1.807) is 42.6 Å². The average molecular weight is 493 g/mol. The highest BCUT2D eigenvalue weighted by Gasteiger charge is 2.14. The lowest BCUT2D eigenvalue weighted by Gasteiger charge is -2.21. The van der Waals surface area contributed by atoms with E-state index in [-0.39, 0.29) is 29.7 Å². The molecule has 1 aromatic heterocycles. The lowest BCUT2D eigenvalue weighted by Crippen LogP contribution is -2.41. The molecule has 0 spiro atoms. The van der Waals surface area contributed by atoms with Crippen LogP contribution >= 0.6 is 35.3 Å². The molecular weight excluding hydrogens is 469 g/mol. The van der Waals surface area contributed by atoms with Gasteiger partial charge in [-0.25, -0.2) is 8.42 Å². The van der Waals surface area contributed by atoms with Gasteiger partial charge in [-0.1, -0.05) is 24.3 Å². The molecule has 0 saturated carbocycles. The van der Waals surface area contributed by atoms with E-state index in [4.69, 9.17) is 0 Å². The highest BCUT2D eigenvalue weighted by Crippen LogP contribution is 2.10. The van der Waals surface area contributed by atoms with Gasteiger partial charge in [0.1, 0.15) is 0 Å². The molecule has 0 amide bonds. The Hall–Kier alpha value is -1.13. The van der Waals surface area contributed by atoms with E-state index in [0.717, 1.165) is 13.0 Å². The Kier molecular flexibility index (Phi) is 9.44. The lowest BCUT2D eigenvalue weighted by atomic mass is 10.3. The Morgan fingerprint density at radius 3 is 2.52 bits per heavy atom. The van der Waals surface area contributed by atoms with Crippen LogP contribution in [0.15, 0.2) is 57.7 Å². The molecule has 2 aromatic rings. The maximum Gasteiger partial charge on any atom is 0.193 e. The van der Waals surface area contributed by atoms with Gasteiger partial charge in [-0.05, 0) is 30.0 Å². The van der Waals surface area contributed by atoms with Gasteiger partial charge in [-0.15, -0.1) is 35.3 Å². The molecule has 0 aliphatic heterocycles. The number of hydrogen-bond donors (Lipinski definition) is 1. The summed E-state index contributed by atoms with van der Waals surface area (Å²) in [5, 5.41) is 5.19. The van der Waals surface area contributed by atoms with Crippen LogP contribution in [0.2, 0.25) is 0 Å². The van der Waals surface area contributed by atoms with Crippen LogP contribution in [0.25, 0.3) is 0 Å². The van der Waals surface area contributed by atoms with Crippen LogP contribution in [0.3, 0.4) is 0 Å². The molecule has 0 saturated heterocycles. The van der Waals surface area contributed by atoms with Gasteiger partial charge in [-0.2, -0.15) is 0 Å². The molecule has 0 unspecified atom stereocenters. The zero-order valence-corrected chi connectivity index (χ0v) is 18.3. The first-order valence-corrected chi connectivity index (χ1v) is 10.3. The van der Waals surface area contributed by atoms with E-state index in [1.807, 2.05) is 24.1 Å². The molecule has 25 heavy (non-hydrogen) atoms. The molecule has 0 bridgehead atoms. The molecule has 0 aliphatic rings. The predicted molar refractivity (Wildman–Crippen MR) is 116 cm³/mol. The number of thiophene rings is 1. The van der Waals surface area contributed by atoms with Crippen LogP contribution in [-0.4, -0.2) is 52.2 Å². The van der Waals surface area contributed by atoms with Gasteiger partial charge in [0.05, 0.1) is 10.6 Å². The van der Waals surface area contributed by atoms with E-state index in [0.29, 0.717) is 17.4 Å². The molecule has 1 aromatic carbocycles. The third-order valence-electron chi connectivity index (χ3n) is 3.60. The van der Waals surface area contributed by atoms with Crippen molar-refractivity contribution in [1.82, 2.24) is 10.2 Å². The molecule has 8 heteroatoms. The number of benzene rings is 1. The molecule has 0 fully saturated rings. The molecule has 0 atom stereocenters. The van der Waals surface area contributed by atoms with E-state index in [2.05, 4.69) is 21.8 Å². The van der Waals surface area contributed by atoms with Crippen molar-refractivity contribution in [3.05, 3.63) is 52.7 Å². The SMILES string of the molecule is CN=C(NCCS(=O)(=O)c1ccccc1)N(C)CCc1cccs1.I. The first kappa shape index (κ1) is 21.9. The zero-order valence-electron chi connectivity index (χ0n) is 14.4. The summed E-state index contributed by atoms with van der Waals surface area (Å²) < 4.78 is 24.5. The Balaban J connectivity index is 0.00000312. The van der Waals surface area contributed by atoms with Gasteiger partial charge >= 0.3 is 0 Å². The Morgan fingerprint density at radius 2 is 1.92 bits per heavy atom. The molecule has 138 valence electrons. The molecule has 1 heterocycles. The summed E-state index contributed by atoms with van der Waals surface area (Å²) in [5.41, 5.74) is 0. The molecule has 0 radical (unpaired) electrons. The standard InChI is InChI=1S/C17H23N3O2S2.HI/c1-18-17(20(2)12-10-15-7-6-13-23-15)19-11-14-24(21,22)16-8-4-3-5-9-16;/h3-9,13H,10-12,14H2,1-2H3,(H,18,19);1H. The number of hydrogen-bond acceptors (Lipinski definition) is 4. The normalized spacial score (nSPS) is 11.7. The van der Waals surface area contributed by atoms with Gasteiger partial charge in [-0.3, -0.25) is 4.99 Å². The van der Waals surface area contributed by atoms with Crippen molar-refractivity contribution in [2.45, 2.75) is 11.3 Å². The number of nitrogens with zero attached hydrogens (tertiary/aromatic N) is 2. The quantitative estimate of drug-likeness (QED) is 0.366. The molecule has 5 nitrogen and oxygen atoms in total. The van der Waals surface area contributed by atoms with Crippen molar-refractivity contribution < 1.29 is 8.42 Å². The van der Waals surface area contributed by atoms with E-state index >= 15 is 0 Å². The molecule has 1 N–H and O–H groups in total. The second-order valence-corrected chi connectivity index (χ2v) is 8.50. The summed E-state index contributed by atoms with van der Waals surface area (Å²) in [6.07, 6.45) is 0.942. The fraction of sp³-hybridized carbons (Fsp3) is 0.353. The van der Waals surface area contributed by atoms with Crippen molar-refractivity contribution in [1.29, 1.82) is 0 Å². The van der Waals surface area contributed by atoms with Gasteiger partial charge in [0, 0.05) is 32.1 Å². The molecule has 0 aliphatic carbocycles. The van der Waals surface area contributed by atoms with E-state index < -0.39 is 9.84 Å². The smallest absolute Gasteiger partial charge is 0.193 e. The van der Waals surface area contributed by atoms with Crippen LogP contribution in [0, 0.1) is 0 Å². The highest BCUT2D eigenvalue weighted by atomic mass is 127. The Morgan fingerprint density at radius 1 is 1.20 bits per heavy atom. The zero-order chi connectivity index (χ0) is 17.4. The Labute approximate surface area is 171 Å².